The highest BCUT2D eigenvalue weighted by atomic mass is 35.5. The van der Waals surface area contributed by atoms with Crippen LogP contribution >= 0.6 is 11.6 Å². The Balaban J connectivity index is 1.46. The Bertz CT molecular complexity index is 1570. The Kier molecular flexibility index (Phi) is 8.04. The van der Waals surface area contributed by atoms with E-state index in [9.17, 15) is 13.2 Å². The quantitative estimate of drug-likeness (QED) is 0.223. The maximum Gasteiger partial charge on any atom is 0.271 e. The van der Waals surface area contributed by atoms with Crippen molar-refractivity contribution in [1.29, 1.82) is 0 Å². The van der Waals surface area contributed by atoms with Crippen molar-refractivity contribution in [2.45, 2.75) is 27.3 Å². The van der Waals surface area contributed by atoms with E-state index in [4.69, 9.17) is 11.6 Å². The molecule has 4 aromatic rings. The van der Waals surface area contributed by atoms with Gasteiger partial charge in [-0.1, -0.05) is 41.4 Å². The maximum absolute atomic E-state index is 12.7. The molecule has 1 N–H and O–H groups in total. The lowest BCUT2D eigenvalue weighted by Crippen LogP contribution is -2.29. The number of aryl methyl sites for hydroxylation is 2. The third kappa shape index (κ3) is 6.33. The van der Waals surface area contributed by atoms with Crippen molar-refractivity contribution in [2.24, 2.45) is 5.10 Å². The number of aromatic nitrogens is 1. The molecule has 4 rings (SSSR count). The van der Waals surface area contributed by atoms with E-state index in [0.29, 0.717) is 16.3 Å². The summed E-state index contributed by atoms with van der Waals surface area (Å²) in [7, 11) is -3.53. The van der Waals surface area contributed by atoms with E-state index in [1.165, 1.54) is 10.6 Å². The van der Waals surface area contributed by atoms with Gasteiger partial charge in [-0.05, 0) is 80.9 Å². The number of nitrogens with one attached hydrogen (secondary N) is 1. The zero-order valence-electron chi connectivity index (χ0n) is 21.6. The predicted molar refractivity (Wildman–Crippen MR) is 154 cm³/mol. The van der Waals surface area contributed by atoms with Crippen molar-refractivity contribution in [3.05, 3.63) is 118 Å². The molecule has 38 heavy (non-hydrogen) atoms. The van der Waals surface area contributed by atoms with Gasteiger partial charge in [0.1, 0.15) is 0 Å². The monoisotopic (exact) mass is 548 g/mol. The Morgan fingerprint density at radius 3 is 2.21 bits per heavy atom. The van der Waals surface area contributed by atoms with Crippen LogP contribution in [0.3, 0.4) is 0 Å². The molecule has 1 aromatic heterocycles. The second-order valence-corrected chi connectivity index (χ2v) is 11.5. The Morgan fingerprint density at radius 1 is 0.974 bits per heavy atom. The van der Waals surface area contributed by atoms with E-state index in [1.807, 2.05) is 75.4 Å². The van der Waals surface area contributed by atoms with Gasteiger partial charge in [-0.3, -0.25) is 9.10 Å². The second kappa shape index (κ2) is 11.2. The van der Waals surface area contributed by atoms with Gasteiger partial charge in [0.05, 0.1) is 24.7 Å². The standard InChI is InChI=1S/C29H29ClN4O3S/c1-20-5-7-23(8-6-20)19-33(38(4,36)37)27-13-9-24(10-14-27)29(35)32-31-18-25-17-21(2)34(22(25)3)28-15-11-26(30)12-16-28/h5-18H,19H2,1-4H3,(H,32,35)/b31-18-. The van der Waals surface area contributed by atoms with Gasteiger partial charge in [-0.15, -0.1) is 0 Å². The molecule has 0 radical (unpaired) electrons. The van der Waals surface area contributed by atoms with Crippen LogP contribution in [0.1, 0.15) is 38.4 Å². The van der Waals surface area contributed by atoms with E-state index in [2.05, 4.69) is 15.1 Å². The van der Waals surface area contributed by atoms with E-state index >= 15 is 0 Å². The molecule has 0 bridgehead atoms. The van der Waals surface area contributed by atoms with Crippen molar-refractivity contribution in [1.82, 2.24) is 9.99 Å². The number of carbonyl (C=O) groups excluding carboxylic acids is 1. The number of nitrogens with zero attached hydrogens (tertiary/aromatic N) is 3. The highest BCUT2D eigenvalue weighted by Gasteiger charge is 2.18. The highest BCUT2D eigenvalue weighted by Crippen LogP contribution is 2.23. The third-order valence-electron chi connectivity index (χ3n) is 6.19. The summed E-state index contributed by atoms with van der Waals surface area (Å²) in [5, 5.41) is 4.81. The van der Waals surface area contributed by atoms with Gasteiger partial charge >= 0.3 is 0 Å². The van der Waals surface area contributed by atoms with Gasteiger partial charge in [0.15, 0.2) is 0 Å². The van der Waals surface area contributed by atoms with Crippen LogP contribution in [0.5, 0.6) is 0 Å². The number of hydrogen-bond donors (Lipinski definition) is 1. The van der Waals surface area contributed by atoms with Gasteiger partial charge in [0.25, 0.3) is 5.91 Å². The summed E-state index contributed by atoms with van der Waals surface area (Å²) < 4.78 is 28.4. The first-order chi connectivity index (χ1) is 18.0. The molecule has 9 heteroatoms. The summed E-state index contributed by atoms with van der Waals surface area (Å²) in [5.41, 5.74) is 9.20. The molecule has 0 unspecified atom stereocenters. The number of sulfonamides is 1. The molecule has 0 saturated heterocycles. The van der Waals surface area contributed by atoms with Crippen LogP contribution in [-0.4, -0.2) is 31.4 Å². The zero-order valence-corrected chi connectivity index (χ0v) is 23.2. The smallest absolute Gasteiger partial charge is 0.271 e. The number of carbonyl (C=O) groups is 1. The molecule has 0 fully saturated rings. The molecule has 0 atom stereocenters. The first kappa shape index (κ1) is 27.2. The first-order valence-electron chi connectivity index (χ1n) is 11.9. The summed E-state index contributed by atoms with van der Waals surface area (Å²) in [6.07, 6.45) is 2.77. The SMILES string of the molecule is Cc1ccc(CN(c2ccc(C(=O)N/N=C\c3cc(C)n(-c4ccc(Cl)cc4)c3C)cc2)S(C)(=O)=O)cc1. The predicted octanol–water partition coefficient (Wildman–Crippen LogP) is 5.79. The number of amides is 1. The van der Waals surface area contributed by atoms with Crippen molar-refractivity contribution >= 4 is 39.4 Å². The van der Waals surface area contributed by atoms with Crippen LogP contribution in [0.25, 0.3) is 5.69 Å². The number of hydrogen-bond acceptors (Lipinski definition) is 4. The van der Waals surface area contributed by atoms with Crippen molar-refractivity contribution in [3.63, 3.8) is 0 Å². The molecule has 3 aromatic carbocycles. The number of hydrazone groups is 1. The van der Waals surface area contributed by atoms with Gasteiger partial charge < -0.3 is 4.57 Å². The Labute approximate surface area is 228 Å². The van der Waals surface area contributed by atoms with Crippen molar-refractivity contribution in [3.8, 4) is 5.69 Å². The third-order valence-corrected chi connectivity index (χ3v) is 7.58. The van der Waals surface area contributed by atoms with Crippen LogP contribution < -0.4 is 9.73 Å². The summed E-state index contributed by atoms with van der Waals surface area (Å²) in [4.78, 5) is 12.7. The fourth-order valence-corrected chi connectivity index (χ4v) is 5.18. The summed E-state index contributed by atoms with van der Waals surface area (Å²) in [6, 6.07) is 23.7. The summed E-state index contributed by atoms with van der Waals surface area (Å²) >= 11 is 6.01. The van der Waals surface area contributed by atoms with Crippen LogP contribution in [0.2, 0.25) is 5.02 Å². The van der Waals surface area contributed by atoms with Gasteiger partial charge in [-0.2, -0.15) is 5.10 Å². The van der Waals surface area contributed by atoms with Crippen LogP contribution in [0, 0.1) is 20.8 Å². The lowest BCUT2D eigenvalue weighted by molar-refractivity contribution is 0.0955. The Morgan fingerprint density at radius 2 is 1.61 bits per heavy atom. The first-order valence-corrected chi connectivity index (χ1v) is 14.2. The fourth-order valence-electron chi connectivity index (χ4n) is 4.17. The molecule has 1 heterocycles. The minimum atomic E-state index is -3.53. The lowest BCUT2D eigenvalue weighted by atomic mass is 10.1. The number of halogens is 1. The zero-order chi connectivity index (χ0) is 27.4. The van der Waals surface area contributed by atoms with Gasteiger partial charge in [-0.25, -0.2) is 13.8 Å². The van der Waals surface area contributed by atoms with Crippen molar-refractivity contribution in [2.75, 3.05) is 10.6 Å². The minimum absolute atomic E-state index is 0.198. The molecule has 0 aliphatic heterocycles. The van der Waals surface area contributed by atoms with E-state index < -0.39 is 15.9 Å². The summed E-state index contributed by atoms with van der Waals surface area (Å²) in [6.45, 7) is 6.15. The largest absolute Gasteiger partial charge is 0.318 e. The van der Waals surface area contributed by atoms with Gasteiger partial charge in [0.2, 0.25) is 10.0 Å². The molecule has 0 aliphatic carbocycles. The van der Waals surface area contributed by atoms with Crippen LogP contribution in [-0.2, 0) is 16.6 Å². The average Bonchev–Trinajstić information content (AvgIpc) is 3.16. The minimum Gasteiger partial charge on any atom is -0.318 e. The van der Waals surface area contributed by atoms with E-state index in [0.717, 1.165) is 33.8 Å². The lowest BCUT2D eigenvalue weighted by Gasteiger charge is -2.22. The van der Waals surface area contributed by atoms with Crippen LogP contribution in [0.15, 0.2) is 84.0 Å². The Hall–Kier alpha value is -3.88. The number of rotatable bonds is 8. The maximum atomic E-state index is 12.7. The number of anilines is 1. The molecule has 196 valence electrons. The molecule has 0 spiro atoms. The molecular formula is C29H29ClN4O3S. The van der Waals surface area contributed by atoms with E-state index in [1.54, 1.807) is 30.5 Å². The molecule has 1 amide bonds. The molecule has 7 nitrogen and oxygen atoms in total. The normalized spacial score (nSPS) is 11.6. The molecular weight excluding hydrogens is 520 g/mol. The summed E-state index contributed by atoms with van der Waals surface area (Å²) in [5.74, 6) is -0.399. The van der Waals surface area contributed by atoms with Gasteiger partial charge in [0, 0.05) is 33.2 Å². The van der Waals surface area contributed by atoms with E-state index in [-0.39, 0.29) is 6.54 Å². The molecule has 0 aliphatic rings. The number of benzene rings is 3. The fraction of sp³-hybridized carbons (Fsp3) is 0.172. The van der Waals surface area contributed by atoms with Crippen molar-refractivity contribution < 1.29 is 13.2 Å². The second-order valence-electron chi connectivity index (χ2n) is 9.14. The molecule has 0 saturated carbocycles. The van der Waals surface area contributed by atoms with Crippen LogP contribution in [0.4, 0.5) is 5.69 Å². The topological polar surface area (TPSA) is 83.8 Å². The average molecular weight is 549 g/mol. The highest BCUT2D eigenvalue weighted by molar-refractivity contribution is 7.92.